The quantitative estimate of drug-likeness (QED) is 0.739. The fraction of sp³-hybridized carbons (Fsp3) is 0.333. The summed E-state index contributed by atoms with van der Waals surface area (Å²) in [5.41, 5.74) is 2.29. The number of rotatable bonds is 5. The molecule has 0 aliphatic carbocycles. The average molecular weight is 323 g/mol. The highest BCUT2D eigenvalue weighted by Gasteiger charge is 2.26. The van der Waals surface area contributed by atoms with Gasteiger partial charge < -0.3 is 5.32 Å². The second-order valence-electron chi connectivity index (χ2n) is 7.35. The second-order valence-corrected chi connectivity index (χ2v) is 7.35. The van der Waals surface area contributed by atoms with Crippen molar-refractivity contribution in [1.29, 1.82) is 0 Å². The summed E-state index contributed by atoms with van der Waals surface area (Å²) in [5, 5.41) is 3.29. The highest BCUT2D eigenvalue weighted by molar-refractivity contribution is 6.07. The summed E-state index contributed by atoms with van der Waals surface area (Å²) < 4.78 is 0. The SMILES string of the molecule is CC(C)C(=O)c1ccc(C(=O)C(C)(C)C)c(Nc2ccccc2)c1. The minimum absolute atomic E-state index is 0.0458. The Morgan fingerprint density at radius 1 is 0.958 bits per heavy atom. The first kappa shape index (κ1) is 17.9. The zero-order valence-corrected chi connectivity index (χ0v) is 15.0. The molecule has 0 amide bonds. The van der Waals surface area contributed by atoms with E-state index in [2.05, 4.69) is 5.32 Å². The fourth-order valence-corrected chi connectivity index (χ4v) is 2.41. The first-order valence-corrected chi connectivity index (χ1v) is 8.25. The Hall–Kier alpha value is -2.42. The number of hydrogen-bond donors (Lipinski definition) is 1. The fourth-order valence-electron chi connectivity index (χ4n) is 2.41. The maximum atomic E-state index is 12.8. The molecule has 24 heavy (non-hydrogen) atoms. The summed E-state index contributed by atoms with van der Waals surface area (Å²) in [4.78, 5) is 25.1. The minimum atomic E-state index is -0.489. The normalized spacial score (nSPS) is 11.4. The minimum Gasteiger partial charge on any atom is -0.355 e. The number of Topliss-reactive ketones (excluding diaryl/α,β-unsaturated/α-hetero) is 2. The van der Waals surface area contributed by atoms with Gasteiger partial charge in [0.05, 0.1) is 5.69 Å². The van der Waals surface area contributed by atoms with Crippen molar-refractivity contribution in [2.24, 2.45) is 11.3 Å². The molecule has 0 aromatic heterocycles. The van der Waals surface area contributed by atoms with Gasteiger partial charge in [-0.3, -0.25) is 9.59 Å². The molecule has 0 radical (unpaired) electrons. The second kappa shape index (κ2) is 7.00. The lowest BCUT2D eigenvalue weighted by Gasteiger charge is -2.20. The molecular weight excluding hydrogens is 298 g/mol. The van der Waals surface area contributed by atoms with Crippen molar-refractivity contribution in [3.05, 3.63) is 59.7 Å². The Labute approximate surface area is 144 Å². The van der Waals surface area contributed by atoms with Crippen molar-refractivity contribution in [2.75, 3.05) is 5.32 Å². The maximum Gasteiger partial charge on any atom is 0.170 e. The molecule has 0 spiro atoms. The standard InChI is InChI=1S/C21H25NO2/c1-14(2)19(23)15-11-12-17(20(24)21(3,4)5)18(13-15)22-16-9-7-6-8-10-16/h6-14,22H,1-5H3. The van der Waals surface area contributed by atoms with Crippen LogP contribution in [-0.4, -0.2) is 11.6 Å². The Balaban J connectivity index is 2.50. The summed E-state index contributed by atoms with van der Waals surface area (Å²) in [6, 6.07) is 14.9. The zero-order valence-electron chi connectivity index (χ0n) is 15.0. The van der Waals surface area contributed by atoms with E-state index in [4.69, 9.17) is 0 Å². The van der Waals surface area contributed by atoms with Crippen molar-refractivity contribution in [2.45, 2.75) is 34.6 Å². The molecule has 0 aliphatic heterocycles. The molecule has 0 bridgehead atoms. The number of ketones is 2. The predicted molar refractivity (Wildman–Crippen MR) is 99.1 cm³/mol. The molecule has 2 aromatic rings. The first-order chi connectivity index (χ1) is 11.2. The van der Waals surface area contributed by atoms with Crippen LogP contribution in [0.2, 0.25) is 0 Å². The Morgan fingerprint density at radius 2 is 1.58 bits per heavy atom. The van der Waals surface area contributed by atoms with Gasteiger partial charge in [-0.15, -0.1) is 0 Å². The van der Waals surface area contributed by atoms with Gasteiger partial charge in [-0.2, -0.15) is 0 Å². The predicted octanol–water partition coefficient (Wildman–Crippen LogP) is 5.50. The van der Waals surface area contributed by atoms with E-state index in [0.29, 0.717) is 16.8 Å². The molecule has 126 valence electrons. The lowest BCUT2D eigenvalue weighted by molar-refractivity contribution is 0.0858. The van der Waals surface area contributed by atoms with Crippen molar-refractivity contribution in [1.82, 2.24) is 0 Å². The molecule has 2 aromatic carbocycles. The molecule has 0 aliphatic rings. The van der Waals surface area contributed by atoms with Crippen molar-refractivity contribution < 1.29 is 9.59 Å². The van der Waals surface area contributed by atoms with Crippen LogP contribution in [0, 0.1) is 11.3 Å². The number of carbonyl (C=O) groups is 2. The number of para-hydroxylation sites is 1. The van der Waals surface area contributed by atoms with Crippen molar-refractivity contribution >= 4 is 22.9 Å². The van der Waals surface area contributed by atoms with Gasteiger partial charge in [0.2, 0.25) is 0 Å². The van der Waals surface area contributed by atoms with Crippen LogP contribution in [0.25, 0.3) is 0 Å². The summed E-state index contributed by atoms with van der Waals surface area (Å²) >= 11 is 0. The highest BCUT2D eigenvalue weighted by atomic mass is 16.1. The summed E-state index contributed by atoms with van der Waals surface area (Å²) in [5.74, 6) is 0.0316. The number of anilines is 2. The number of hydrogen-bond acceptors (Lipinski definition) is 3. The van der Waals surface area contributed by atoms with Gasteiger partial charge in [0, 0.05) is 28.1 Å². The molecule has 0 fully saturated rings. The van der Waals surface area contributed by atoms with Crippen LogP contribution in [0.15, 0.2) is 48.5 Å². The average Bonchev–Trinajstić information content (AvgIpc) is 2.53. The Kier molecular flexibility index (Phi) is 5.23. The number of nitrogens with one attached hydrogen (secondary N) is 1. The molecule has 1 N–H and O–H groups in total. The number of benzene rings is 2. The van der Waals surface area contributed by atoms with Crippen molar-refractivity contribution in [3.8, 4) is 0 Å². The van der Waals surface area contributed by atoms with E-state index in [1.807, 2.05) is 65.0 Å². The van der Waals surface area contributed by atoms with E-state index in [0.717, 1.165) is 5.69 Å². The smallest absolute Gasteiger partial charge is 0.170 e. The van der Waals surface area contributed by atoms with E-state index in [1.165, 1.54) is 0 Å². The zero-order chi connectivity index (χ0) is 17.9. The lowest BCUT2D eigenvalue weighted by atomic mass is 9.85. The van der Waals surface area contributed by atoms with Crippen LogP contribution in [0.5, 0.6) is 0 Å². The summed E-state index contributed by atoms with van der Waals surface area (Å²) in [7, 11) is 0. The monoisotopic (exact) mass is 323 g/mol. The van der Waals surface area contributed by atoms with Crippen LogP contribution < -0.4 is 5.32 Å². The molecule has 2 rings (SSSR count). The van der Waals surface area contributed by atoms with E-state index in [1.54, 1.807) is 18.2 Å². The van der Waals surface area contributed by atoms with Gasteiger partial charge in [-0.1, -0.05) is 58.9 Å². The van der Waals surface area contributed by atoms with E-state index < -0.39 is 5.41 Å². The van der Waals surface area contributed by atoms with Gasteiger partial charge in [-0.25, -0.2) is 0 Å². The van der Waals surface area contributed by atoms with Gasteiger partial charge in [0.15, 0.2) is 11.6 Å². The Bertz CT molecular complexity index is 740. The van der Waals surface area contributed by atoms with E-state index in [9.17, 15) is 9.59 Å². The molecule has 0 unspecified atom stereocenters. The molecular formula is C21H25NO2. The summed E-state index contributed by atoms with van der Waals surface area (Å²) in [6.07, 6.45) is 0. The van der Waals surface area contributed by atoms with Crippen LogP contribution in [0.4, 0.5) is 11.4 Å². The Morgan fingerprint density at radius 3 is 2.12 bits per heavy atom. The lowest BCUT2D eigenvalue weighted by Crippen LogP contribution is -2.21. The molecule has 0 saturated heterocycles. The molecule has 0 atom stereocenters. The van der Waals surface area contributed by atoms with Gasteiger partial charge in [0.25, 0.3) is 0 Å². The highest BCUT2D eigenvalue weighted by Crippen LogP contribution is 2.29. The topological polar surface area (TPSA) is 46.2 Å². The largest absolute Gasteiger partial charge is 0.355 e. The number of carbonyl (C=O) groups excluding carboxylic acids is 2. The van der Waals surface area contributed by atoms with E-state index in [-0.39, 0.29) is 17.5 Å². The van der Waals surface area contributed by atoms with Crippen LogP contribution >= 0.6 is 0 Å². The van der Waals surface area contributed by atoms with Crippen LogP contribution in [0.3, 0.4) is 0 Å². The van der Waals surface area contributed by atoms with Gasteiger partial charge in [-0.05, 0) is 24.3 Å². The van der Waals surface area contributed by atoms with Gasteiger partial charge >= 0.3 is 0 Å². The third kappa shape index (κ3) is 4.10. The third-order valence-corrected chi connectivity index (χ3v) is 3.81. The van der Waals surface area contributed by atoms with Gasteiger partial charge in [0.1, 0.15) is 0 Å². The van der Waals surface area contributed by atoms with Crippen molar-refractivity contribution in [3.63, 3.8) is 0 Å². The molecule has 3 heteroatoms. The summed E-state index contributed by atoms with van der Waals surface area (Å²) in [6.45, 7) is 9.44. The molecule has 0 saturated carbocycles. The first-order valence-electron chi connectivity index (χ1n) is 8.25. The third-order valence-electron chi connectivity index (χ3n) is 3.81. The van der Waals surface area contributed by atoms with E-state index >= 15 is 0 Å². The maximum absolute atomic E-state index is 12.8. The van der Waals surface area contributed by atoms with Crippen LogP contribution in [0.1, 0.15) is 55.3 Å². The molecule has 0 heterocycles. The van der Waals surface area contributed by atoms with Crippen LogP contribution in [-0.2, 0) is 0 Å². The molecule has 3 nitrogen and oxygen atoms in total.